The van der Waals surface area contributed by atoms with Gasteiger partial charge in [0.15, 0.2) is 0 Å². The quantitative estimate of drug-likeness (QED) is 0.314. The summed E-state index contributed by atoms with van der Waals surface area (Å²) in [5.41, 5.74) is 1.72. The monoisotopic (exact) mass is 463 g/mol. The second kappa shape index (κ2) is 9.38. The molecule has 1 aliphatic rings. The van der Waals surface area contributed by atoms with Crippen molar-refractivity contribution in [1.82, 2.24) is 4.90 Å². The Kier molecular flexibility index (Phi) is 6.38. The van der Waals surface area contributed by atoms with E-state index in [1.54, 1.807) is 48.5 Å². The molecule has 0 saturated carbocycles. The lowest BCUT2D eigenvalue weighted by atomic mass is 9.94. The molecule has 6 nitrogen and oxygen atoms in total. The lowest BCUT2D eigenvalue weighted by molar-refractivity contribution is -0.139. The third kappa shape index (κ3) is 4.43. The number of aliphatic hydroxyl groups excluding tert-OH is 1. The Hall–Kier alpha value is -3.77. The van der Waals surface area contributed by atoms with Crippen LogP contribution in [0.4, 0.5) is 0 Å². The van der Waals surface area contributed by atoms with Gasteiger partial charge in [-0.3, -0.25) is 9.59 Å². The van der Waals surface area contributed by atoms with Crippen LogP contribution in [0.25, 0.3) is 5.76 Å². The van der Waals surface area contributed by atoms with Crippen molar-refractivity contribution in [2.24, 2.45) is 0 Å². The molecule has 0 bridgehead atoms. The number of aliphatic hydroxyl groups is 1. The fraction of sp³-hybridized carbons (Fsp3) is 0.154. The molecule has 1 heterocycles. The normalized spacial score (nSPS) is 17.4. The highest BCUT2D eigenvalue weighted by atomic mass is 35.5. The van der Waals surface area contributed by atoms with Gasteiger partial charge in [-0.1, -0.05) is 48.0 Å². The first kappa shape index (κ1) is 22.4. The molecule has 1 unspecified atom stereocenters. The number of amides is 1. The molecule has 0 aliphatic carbocycles. The highest BCUT2D eigenvalue weighted by molar-refractivity contribution is 6.46. The molecular formula is C26H22ClNO5. The van der Waals surface area contributed by atoms with E-state index in [1.807, 2.05) is 12.1 Å². The lowest BCUT2D eigenvalue weighted by Gasteiger charge is -2.25. The Morgan fingerprint density at radius 3 is 2.45 bits per heavy atom. The molecule has 168 valence electrons. The molecule has 0 radical (unpaired) electrons. The van der Waals surface area contributed by atoms with Gasteiger partial charge in [-0.2, -0.15) is 0 Å². The van der Waals surface area contributed by atoms with Gasteiger partial charge in [0.25, 0.3) is 11.7 Å². The highest BCUT2D eigenvalue weighted by Gasteiger charge is 2.46. The van der Waals surface area contributed by atoms with E-state index in [1.165, 1.54) is 24.1 Å². The summed E-state index contributed by atoms with van der Waals surface area (Å²) in [6.07, 6.45) is 0.480. The van der Waals surface area contributed by atoms with Crippen LogP contribution < -0.4 is 4.74 Å². The number of phenolic OH excluding ortho intramolecular Hbond substituents is 1. The fourth-order valence-electron chi connectivity index (χ4n) is 4.04. The molecule has 7 heteroatoms. The highest BCUT2D eigenvalue weighted by Crippen LogP contribution is 2.41. The van der Waals surface area contributed by atoms with Crippen molar-refractivity contribution >= 4 is 29.1 Å². The number of rotatable bonds is 6. The van der Waals surface area contributed by atoms with E-state index in [0.717, 1.165) is 5.56 Å². The van der Waals surface area contributed by atoms with E-state index in [0.29, 0.717) is 28.3 Å². The van der Waals surface area contributed by atoms with Gasteiger partial charge in [0.1, 0.15) is 17.3 Å². The fourth-order valence-corrected chi connectivity index (χ4v) is 4.16. The standard InChI is InChI=1S/C26H22ClNO5/c1-33-21-8-3-2-7-20(21)24(30)22-23(17-5-4-6-19(29)15-17)28(26(32)25(22)31)14-13-16-9-11-18(27)12-10-16/h2-12,15,23,29-30H,13-14H2,1H3/b24-22-. The van der Waals surface area contributed by atoms with Crippen LogP contribution >= 0.6 is 11.6 Å². The van der Waals surface area contributed by atoms with Gasteiger partial charge in [0.2, 0.25) is 0 Å². The predicted octanol–water partition coefficient (Wildman–Crippen LogP) is 4.72. The maximum atomic E-state index is 13.1. The summed E-state index contributed by atoms with van der Waals surface area (Å²) in [5.74, 6) is -1.46. The third-order valence-electron chi connectivity index (χ3n) is 5.64. The second-order valence-corrected chi connectivity index (χ2v) is 8.10. The van der Waals surface area contributed by atoms with Crippen LogP contribution in [-0.4, -0.2) is 40.5 Å². The van der Waals surface area contributed by atoms with Crippen LogP contribution in [0.5, 0.6) is 11.5 Å². The molecule has 1 saturated heterocycles. The first-order valence-corrected chi connectivity index (χ1v) is 10.7. The van der Waals surface area contributed by atoms with Crippen LogP contribution in [0.15, 0.2) is 78.4 Å². The number of para-hydroxylation sites is 1. The molecule has 0 aromatic heterocycles. The summed E-state index contributed by atoms with van der Waals surface area (Å²) in [5, 5.41) is 21.8. The Morgan fingerprint density at radius 2 is 1.76 bits per heavy atom. The minimum atomic E-state index is -0.866. The molecule has 0 spiro atoms. The number of phenols is 1. The van der Waals surface area contributed by atoms with E-state index in [9.17, 15) is 19.8 Å². The molecule has 33 heavy (non-hydrogen) atoms. The molecule has 4 rings (SSSR count). The van der Waals surface area contributed by atoms with Gasteiger partial charge < -0.3 is 19.8 Å². The number of halogens is 1. The predicted molar refractivity (Wildman–Crippen MR) is 125 cm³/mol. The average Bonchev–Trinajstić information content (AvgIpc) is 3.08. The van der Waals surface area contributed by atoms with Crippen molar-refractivity contribution in [2.45, 2.75) is 12.5 Å². The third-order valence-corrected chi connectivity index (χ3v) is 5.89. The zero-order chi connectivity index (χ0) is 23.5. The lowest BCUT2D eigenvalue weighted by Crippen LogP contribution is -2.31. The van der Waals surface area contributed by atoms with E-state index >= 15 is 0 Å². The minimum absolute atomic E-state index is 0.00641. The van der Waals surface area contributed by atoms with Crippen molar-refractivity contribution in [2.75, 3.05) is 13.7 Å². The number of methoxy groups -OCH3 is 1. The van der Waals surface area contributed by atoms with Gasteiger partial charge in [-0.15, -0.1) is 0 Å². The molecule has 1 amide bonds. The molecule has 1 fully saturated rings. The molecule has 1 aliphatic heterocycles. The number of likely N-dealkylation sites (tertiary alicyclic amines) is 1. The number of carbonyl (C=O) groups is 2. The number of carbonyl (C=O) groups excluding carboxylic acids is 2. The molecule has 1 atom stereocenters. The van der Waals surface area contributed by atoms with E-state index in [2.05, 4.69) is 0 Å². The Morgan fingerprint density at radius 1 is 1.03 bits per heavy atom. The summed E-state index contributed by atoms with van der Waals surface area (Å²) in [6.45, 7) is 0.231. The van der Waals surface area contributed by atoms with Gasteiger partial charge >= 0.3 is 0 Å². The van der Waals surface area contributed by atoms with Gasteiger partial charge in [-0.25, -0.2) is 0 Å². The molecule has 3 aromatic rings. The van der Waals surface area contributed by atoms with Gasteiger partial charge in [0, 0.05) is 11.6 Å². The SMILES string of the molecule is COc1ccccc1/C(O)=C1/C(=O)C(=O)N(CCc2ccc(Cl)cc2)C1c1cccc(O)c1. The number of Topliss-reactive ketones (excluding diaryl/α,β-unsaturated/α-hetero) is 1. The largest absolute Gasteiger partial charge is 0.508 e. The number of ether oxygens (including phenoxy) is 1. The van der Waals surface area contributed by atoms with Crippen molar-refractivity contribution in [1.29, 1.82) is 0 Å². The zero-order valence-electron chi connectivity index (χ0n) is 17.9. The first-order valence-electron chi connectivity index (χ1n) is 10.4. The Balaban J connectivity index is 1.80. The van der Waals surface area contributed by atoms with Crippen molar-refractivity contribution in [3.8, 4) is 11.5 Å². The second-order valence-electron chi connectivity index (χ2n) is 7.66. The van der Waals surface area contributed by atoms with Gasteiger partial charge in [0.05, 0.1) is 24.3 Å². The first-order chi connectivity index (χ1) is 15.9. The van der Waals surface area contributed by atoms with Crippen LogP contribution in [-0.2, 0) is 16.0 Å². The number of nitrogens with zero attached hydrogens (tertiary/aromatic N) is 1. The van der Waals surface area contributed by atoms with E-state index in [4.69, 9.17) is 16.3 Å². The van der Waals surface area contributed by atoms with Crippen molar-refractivity contribution < 1.29 is 24.5 Å². The van der Waals surface area contributed by atoms with Crippen molar-refractivity contribution in [3.63, 3.8) is 0 Å². The summed E-state index contributed by atoms with van der Waals surface area (Å²) >= 11 is 5.96. The topological polar surface area (TPSA) is 87.1 Å². The van der Waals surface area contributed by atoms with Crippen LogP contribution in [0, 0.1) is 0 Å². The summed E-state index contributed by atoms with van der Waals surface area (Å²) in [6, 6.07) is 19.4. The summed E-state index contributed by atoms with van der Waals surface area (Å²) in [7, 11) is 1.46. The number of aromatic hydroxyl groups is 1. The number of hydrogen-bond donors (Lipinski definition) is 2. The van der Waals surface area contributed by atoms with Crippen molar-refractivity contribution in [3.05, 3.63) is 100 Å². The summed E-state index contributed by atoms with van der Waals surface area (Å²) < 4.78 is 5.34. The van der Waals surface area contributed by atoms with E-state index in [-0.39, 0.29) is 23.6 Å². The molecule has 3 aromatic carbocycles. The summed E-state index contributed by atoms with van der Waals surface area (Å²) in [4.78, 5) is 27.6. The number of ketones is 1. The molecular weight excluding hydrogens is 442 g/mol. The zero-order valence-corrected chi connectivity index (χ0v) is 18.6. The van der Waals surface area contributed by atoms with Crippen LogP contribution in [0.1, 0.15) is 22.7 Å². The smallest absolute Gasteiger partial charge is 0.295 e. The maximum Gasteiger partial charge on any atom is 0.295 e. The molecule has 2 N–H and O–H groups in total. The Labute approximate surface area is 196 Å². The van der Waals surface area contributed by atoms with Crippen LogP contribution in [0.3, 0.4) is 0 Å². The average molecular weight is 464 g/mol. The Bertz CT molecular complexity index is 1240. The number of hydrogen-bond acceptors (Lipinski definition) is 5. The van der Waals surface area contributed by atoms with E-state index < -0.39 is 17.7 Å². The minimum Gasteiger partial charge on any atom is -0.508 e. The van der Waals surface area contributed by atoms with Gasteiger partial charge in [-0.05, 0) is 53.9 Å². The maximum absolute atomic E-state index is 13.1. The number of benzene rings is 3. The van der Waals surface area contributed by atoms with Crippen LogP contribution in [0.2, 0.25) is 5.02 Å².